The van der Waals surface area contributed by atoms with Crippen molar-refractivity contribution >= 4 is 41.7 Å². The average molecular weight is 512 g/mol. The minimum atomic E-state index is -0.807. The highest BCUT2D eigenvalue weighted by Gasteiger charge is 2.52. The smallest absolute Gasteiger partial charge is 0.244 e. The molecule has 0 aromatic carbocycles. The van der Waals surface area contributed by atoms with Gasteiger partial charge >= 0.3 is 0 Å². The number of thioether (sulfide) groups is 1. The second-order valence-electron chi connectivity index (χ2n) is 9.03. The molecule has 12 heteroatoms. The molecule has 0 aliphatic carbocycles. The van der Waals surface area contributed by atoms with Gasteiger partial charge in [-0.2, -0.15) is 0 Å². The highest BCUT2D eigenvalue weighted by molar-refractivity contribution is 8.00. The molecule has 0 bridgehead atoms. The van der Waals surface area contributed by atoms with Crippen molar-refractivity contribution in [3.05, 3.63) is 0 Å². The maximum atomic E-state index is 13.2. The number of imide groups is 1. The Bertz CT molecular complexity index is 796. The summed E-state index contributed by atoms with van der Waals surface area (Å²) < 4.78 is 0. The number of rotatable bonds is 13. The predicted octanol–water partition coefficient (Wildman–Crippen LogP) is -0.345. The van der Waals surface area contributed by atoms with E-state index in [1.54, 1.807) is 14.1 Å². The highest BCUT2D eigenvalue weighted by atomic mass is 32.2. The number of hydrogen-bond acceptors (Lipinski definition) is 8. The second kappa shape index (κ2) is 13.8. The molecular formula is C23H41N7O4S. The summed E-state index contributed by atoms with van der Waals surface area (Å²) in [6.45, 7) is 5.52. The van der Waals surface area contributed by atoms with Crippen molar-refractivity contribution in [2.75, 3.05) is 39.5 Å². The van der Waals surface area contributed by atoms with Gasteiger partial charge in [0.2, 0.25) is 17.7 Å². The first-order chi connectivity index (χ1) is 16.7. The van der Waals surface area contributed by atoms with Crippen molar-refractivity contribution in [3.8, 4) is 0 Å². The molecule has 3 unspecified atom stereocenters. The van der Waals surface area contributed by atoms with Gasteiger partial charge < -0.3 is 26.5 Å². The molecule has 0 radical (unpaired) electrons. The lowest BCUT2D eigenvalue weighted by molar-refractivity contribution is -0.157. The number of nitrogens with one attached hydrogen (secondary N) is 3. The van der Waals surface area contributed by atoms with Gasteiger partial charge in [0, 0.05) is 45.9 Å². The Balaban J connectivity index is 1.78. The average Bonchev–Trinajstić information content (AvgIpc) is 3.45. The Hall–Kier alpha value is -2.18. The van der Waals surface area contributed by atoms with Crippen molar-refractivity contribution in [2.24, 2.45) is 10.7 Å². The third-order valence-electron chi connectivity index (χ3n) is 6.83. The summed E-state index contributed by atoms with van der Waals surface area (Å²) in [7, 11) is 3.46. The number of carbonyl (C=O) groups excluding carboxylic acids is 4. The number of likely N-dealkylation sites (tertiary alicyclic amines) is 2. The molecule has 2 rings (SSSR count). The largest absolute Gasteiger partial charge is 0.359 e. The van der Waals surface area contributed by atoms with Gasteiger partial charge in [-0.05, 0) is 39.0 Å². The molecular weight excluding hydrogens is 470 g/mol. The fourth-order valence-electron chi connectivity index (χ4n) is 4.71. The van der Waals surface area contributed by atoms with Crippen LogP contribution in [0.5, 0.6) is 0 Å². The molecule has 35 heavy (non-hydrogen) atoms. The Kier molecular flexibility index (Phi) is 11.4. The van der Waals surface area contributed by atoms with Crippen LogP contribution in [0.2, 0.25) is 0 Å². The summed E-state index contributed by atoms with van der Waals surface area (Å²) in [6, 6.07) is -0.882. The van der Waals surface area contributed by atoms with Crippen LogP contribution in [0.15, 0.2) is 4.99 Å². The molecule has 2 aliphatic heterocycles. The third-order valence-corrected chi connectivity index (χ3v) is 8.04. The van der Waals surface area contributed by atoms with Crippen molar-refractivity contribution in [2.45, 2.75) is 75.4 Å². The molecule has 198 valence electrons. The number of nitrogens with two attached hydrogens (primary N) is 1. The summed E-state index contributed by atoms with van der Waals surface area (Å²) >= 11 is 1.37. The van der Waals surface area contributed by atoms with E-state index in [2.05, 4.69) is 20.9 Å². The van der Waals surface area contributed by atoms with E-state index in [-0.39, 0.29) is 30.2 Å². The molecule has 0 saturated carbocycles. The van der Waals surface area contributed by atoms with Crippen molar-refractivity contribution in [1.29, 1.82) is 0 Å². The van der Waals surface area contributed by atoms with Crippen LogP contribution in [0.25, 0.3) is 0 Å². The first kappa shape index (κ1) is 29.1. The molecule has 2 heterocycles. The van der Waals surface area contributed by atoms with E-state index in [0.717, 1.165) is 25.5 Å². The van der Waals surface area contributed by atoms with Gasteiger partial charge in [0.15, 0.2) is 5.96 Å². The molecule has 11 nitrogen and oxygen atoms in total. The molecule has 2 aliphatic rings. The quantitative estimate of drug-likeness (QED) is 0.0856. The van der Waals surface area contributed by atoms with Crippen molar-refractivity contribution < 1.29 is 19.2 Å². The second-order valence-corrected chi connectivity index (χ2v) is 10.3. The van der Waals surface area contributed by atoms with Gasteiger partial charge in [0.1, 0.15) is 11.9 Å². The number of nitrogens with zero attached hydrogens (tertiary/aromatic N) is 3. The third kappa shape index (κ3) is 7.17. The van der Waals surface area contributed by atoms with E-state index in [4.69, 9.17) is 5.73 Å². The van der Waals surface area contributed by atoms with Crippen LogP contribution in [-0.2, 0) is 19.2 Å². The van der Waals surface area contributed by atoms with Crippen LogP contribution in [0, 0.1) is 0 Å². The summed E-state index contributed by atoms with van der Waals surface area (Å²) in [5.41, 5.74) is 5.17. The Labute approximate surface area is 212 Å². The maximum Gasteiger partial charge on any atom is 0.244 e. The zero-order valence-corrected chi connectivity index (χ0v) is 22.2. The van der Waals surface area contributed by atoms with Crippen LogP contribution < -0.4 is 21.7 Å². The summed E-state index contributed by atoms with van der Waals surface area (Å²) in [5.74, 6) is 0.531. The molecule has 2 fully saturated rings. The SMILES string of the molecule is CCC(C)(N1C(=O)CC(SCCNC(=O)C(N)CCCNC(=NC)NC)C1=O)N1CCC[C@H]1C=O. The van der Waals surface area contributed by atoms with Crippen LogP contribution >= 0.6 is 11.8 Å². The monoisotopic (exact) mass is 511 g/mol. The Morgan fingerprint density at radius 3 is 2.71 bits per heavy atom. The van der Waals surface area contributed by atoms with E-state index in [0.29, 0.717) is 44.2 Å². The number of amides is 3. The molecule has 0 aromatic rings. The lowest BCUT2D eigenvalue weighted by Crippen LogP contribution is -2.62. The molecule has 0 spiro atoms. The standard InChI is InChI=1S/C23H41N7O4S/c1-5-23(2,29-12-7-8-16(29)15-31)30-19(32)14-18(21(30)34)35-13-11-27-20(33)17(24)9-6-10-28-22(25-3)26-4/h15-18H,5-14,24H2,1-4H3,(H,27,33)(H2,25,26,28)/t16-,17?,18?,23?/m0/s1. The Morgan fingerprint density at radius 2 is 2.09 bits per heavy atom. The molecule has 0 aromatic heterocycles. The van der Waals surface area contributed by atoms with Gasteiger partial charge in [0.05, 0.1) is 17.3 Å². The van der Waals surface area contributed by atoms with Crippen molar-refractivity contribution in [1.82, 2.24) is 25.8 Å². The number of carbonyl (C=O) groups is 4. The van der Waals surface area contributed by atoms with Crippen LogP contribution in [-0.4, -0.2) is 102 Å². The minimum absolute atomic E-state index is 0.134. The predicted molar refractivity (Wildman–Crippen MR) is 138 cm³/mol. The number of hydrogen-bond donors (Lipinski definition) is 4. The van der Waals surface area contributed by atoms with Gasteiger partial charge in [0.25, 0.3) is 0 Å². The van der Waals surface area contributed by atoms with E-state index >= 15 is 0 Å². The van der Waals surface area contributed by atoms with Gasteiger partial charge in [-0.1, -0.05) is 6.92 Å². The van der Waals surface area contributed by atoms with Crippen LogP contribution in [0.4, 0.5) is 0 Å². The fraction of sp³-hybridized carbons (Fsp3) is 0.783. The zero-order valence-electron chi connectivity index (χ0n) is 21.3. The van der Waals surface area contributed by atoms with Crippen LogP contribution in [0.3, 0.4) is 0 Å². The summed E-state index contributed by atoms with van der Waals surface area (Å²) in [6.07, 6.45) is 4.47. The van der Waals surface area contributed by atoms with Crippen LogP contribution in [0.1, 0.15) is 52.4 Å². The number of aldehydes is 1. The maximum absolute atomic E-state index is 13.2. The lowest BCUT2D eigenvalue weighted by Gasteiger charge is -2.45. The lowest BCUT2D eigenvalue weighted by atomic mass is 10.0. The molecule has 4 atom stereocenters. The highest BCUT2D eigenvalue weighted by Crippen LogP contribution is 2.37. The first-order valence-electron chi connectivity index (χ1n) is 12.4. The normalized spacial score (nSPS) is 23.8. The van der Waals surface area contributed by atoms with Gasteiger partial charge in [-0.15, -0.1) is 11.8 Å². The molecule has 5 N–H and O–H groups in total. The topological polar surface area (TPSA) is 149 Å². The van der Waals surface area contributed by atoms with E-state index in [1.807, 2.05) is 18.7 Å². The molecule has 2 saturated heterocycles. The van der Waals surface area contributed by atoms with Gasteiger partial charge in [-0.3, -0.25) is 29.2 Å². The number of guanidine groups is 1. The van der Waals surface area contributed by atoms with Crippen molar-refractivity contribution in [3.63, 3.8) is 0 Å². The summed E-state index contributed by atoms with van der Waals surface area (Å²) in [4.78, 5) is 57.2. The molecule has 3 amide bonds. The minimum Gasteiger partial charge on any atom is -0.359 e. The van der Waals surface area contributed by atoms with Gasteiger partial charge in [-0.25, -0.2) is 0 Å². The zero-order chi connectivity index (χ0) is 26.0. The fourth-order valence-corrected chi connectivity index (χ4v) is 5.72. The number of aliphatic imine (C=N–C) groups is 1. The summed E-state index contributed by atoms with van der Waals surface area (Å²) in [5, 5.41) is 8.37. The first-order valence-corrected chi connectivity index (χ1v) is 13.4. The van der Waals surface area contributed by atoms with E-state index in [9.17, 15) is 19.2 Å². The van der Waals surface area contributed by atoms with E-state index < -0.39 is 17.0 Å². The van der Waals surface area contributed by atoms with E-state index in [1.165, 1.54) is 16.7 Å². The Morgan fingerprint density at radius 1 is 1.34 bits per heavy atom.